The molecule has 0 aliphatic carbocycles. The summed E-state index contributed by atoms with van der Waals surface area (Å²) in [5, 5.41) is 2.70. The van der Waals surface area contributed by atoms with Gasteiger partial charge >= 0.3 is 0 Å². The van der Waals surface area contributed by atoms with Gasteiger partial charge in [0.1, 0.15) is 0 Å². The highest BCUT2D eigenvalue weighted by Gasteiger charge is 2.33. The first-order valence-electron chi connectivity index (χ1n) is 5.21. The zero-order valence-electron chi connectivity index (χ0n) is 9.54. The van der Waals surface area contributed by atoms with Gasteiger partial charge in [-0.2, -0.15) is 0 Å². The van der Waals surface area contributed by atoms with E-state index < -0.39 is 14.6 Å². The fourth-order valence-corrected chi connectivity index (χ4v) is 2.96. The summed E-state index contributed by atoms with van der Waals surface area (Å²) in [4.78, 5) is 11.1. The van der Waals surface area contributed by atoms with Crippen LogP contribution in [-0.4, -0.2) is 31.4 Å². The minimum absolute atomic E-state index is 0.0111. The van der Waals surface area contributed by atoms with E-state index in [2.05, 4.69) is 5.32 Å². The molecule has 0 bridgehead atoms. The third kappa shape index (κ3) is 3.19. The SMILES string of the molecule is CC(C)(C)S(=O)(=O)CC1CCNC(=O)C1. The molecule has 0 radical (unpaired) electrons. The summed E-state index contributed by atoms with van der Waals surface area (Å²) in [6.45, 7) is 5.70. The van der Waals surface area contributed by atoms with E-state index in [0.29, 0.717) is 13.0 Å². The highest BCUT2D eigenvalue weighted by molar-refractivity contribution is 7.92. The Morgan fingerprint density at radius 3 is 2.47 bits per heavy atom. The maximum atomic E-state index is 11.9. The van der Waals surface area contributed by atoms with Crippen molar-refractivity contribution in [3.8, 4) is 0 Å². The predicted molar refractivity (Wildman–Crippen MR) is 59.3 cm³/mol. The molecule has 0 saturated carbocycles. The molecule has 0 spiro atoms. The van der Waals surface area contributed by atoms with Gasteiger partial charge < -0.3 is 5.32 Å². The fraction of sp³-hybridized carbons (Fsp3) is 0.900. The van der Waals surface area contributed by atoms with Crippen molar-refractivity contribution in [3.63, 3.8) is 0 Å². The number of hydrogen-bond acceptors (Lipinski definition) is 3. The summed E-state index contributed by atoms with van der Waals surface area (Å²) in [5.74, 6) is 0.0857. The van der Waals surface area contributed by atoms with E-state index in [1.807, 2.05) is 0 Å². The number of sulfone groups is 1. The Bertz CT molecular complexity index is 340. The van der Waals surface area contributed by atoms with Crippen molar-refractivity contribution in [1.29, 1.82) is 0 Å². The molecule has 0 aromatic heterocycles. The molecule has 4 nitrogen and oxygen atoms in total. The second-order valence-corrected chi connectivity index (χ2v) is 7.89. The molecule has 1 N–H and O–H groups in total. The van der Waals surface area contributed by atoms with E-state index in [1.54, 1.807) is 20.8 Å². The first-order chi connectivity index (χ1) is 6.72. The molecule has 0 aromatic rings. The van der Waals surface area contributed by atoms with E-state index in [1.165, 1.54) is 0 Å². The van der Waals surface area contributed by atoms with Gasteiger partial charge in [0, 0.05) is 13.0 Å². The normalized spacial score (nSPS) is 23.7. The lowest BCUT2D eigenvalue weighted by atomic mass is 10.0. The van der Waals surface area contributed by atoms with Crippen molar-refractivity contribution in [1.82, 2.24) is 5.32 Å². The standard InChI is InChI=1S/C10H19NO3S/c1-10(2,3)15(13,14)7-8-4-5-11-9(12)6-8/h8H,4-7H2,1-3H3,(H,11,12). The molecule has 1 aliphatic heterocycles. The van der Waals surface area contributed by atoms with Crippen LogP contribution in [-0.2, 0) is 14.6 Å². The van der Waals surface area contributed by atoms with Gasteiger partial charge in [0.05, 0.1) is 10.5 Å². The summed E-state index contributed by atoms with van der Waals surface area (Å²) in [6, 6.07) is 0. The molecule has 5 heteroatoms. The monoisotopic (exact) mass is 233 g/mol. The molecule has 1 unspecified atom stereocenters. The van der Waals surface area contributed by atoms with Gasteiger partial charge in [0.25, 0.3) is 0 Å². The van der Waals surface area contributed by atoms with Gasteiger partial charge in [-0.05, 0) is 33.1 Å². The van der Waals surface area contributed by atoms with E-state index in [0.717, 1.165) is 6.42 Å². The molecule has 15 heavy (non-hydrogen) atoms. The minimum atomic E-state index is -3.10. The first-order valence-corrected chi connectivity index (χ1v) is 6.86. The number of piperidine rings is 1. The second kappa shape index (κ2) is 4.12. The Morgan fingerprint density at radius 1 is 1.40 bits per heavy atom. The Hall–Kier alpha value is -0.580. The Kier molecular flexibility index (Phi) is 3.43. The van der Waals surface area contributed by atoms with Crippen LogP contribution in [0.3, 0.4) is 0 Å². The van der Waals surface area contributed by atoms with Crippen molar-refractivity contribution in [3.05, 3.63) is 0 Å². The van der Waals surface area contributed by atoms with Crippen molar-refractivity contribution < 1.29 is 13.2 Å². The topological polar surface area (TPSA) is 63.2 Å². The number of amides is 1. The molecule has 1 rings (SSSR count). The van der Waals surface area contributed by atoms with Crippen LogP contribution in [0.25, 0.3) is 0 Å². The summed E-state index contributed by atoms with van der Waals surface area (Å²) in [5.41, 5.74) is 0. The second-order valence-electron chi connectivity index (χ2n) is 5.10. The molecular formula is C10H19NO3S. The van der Waals surface area contributed by atoms with Crippen LogP contribution in [0.4, 0.5) is 0 Å². The zero-order chi connectivity index (χ0) is 11.7. The Labute approximate surface area is 91.4 Å². The van der Waals surface area contributed by atoms with Crippen LogP contribution in [0.5, 0.6) is 0 Å². The molecule has 1 heterocycles. The minimum Gasteiger partial charge on any atom is -0.356 e. The van der Waals surface area contributed by atoms with Crippen molar-refractivity contribution >= 4 is 15.7 Å². The maximum Gasteiger partial charge on any atom is 0.220 e. The van der Waals surface area contributed by atoms with Crippen molar-refractivity contribution in [2.45, 2.75) is 38.4 Å². The molecule has 1 amide bonds. The molecule has 88 valence electrons. The summed E-state index contributed by atoms with van der Waals surface area (Å²) in [6.07, 6.45) is 1.11. The van der Waals surface area contributed by atoms with Crippen molar-refractivity contribution in [2.24, 2.45) is 5.92 Å². The number of hydrogen-bond donors (Lipinski definition) is 1. The van der Waals surface area contributed by atoms with Gasteiger partial charge in [-0.25, -0.2) is 8.42 Å². The van der Waals surface area contributed by atoms with Gasteiger partial charge in [0.2, 0.25) is 5.91 Å². The van der Waals surface area contributed by atoms with Gasteiger partial charge in [0.15, 0.2) is 9.84 Å². The van der Waals surface area contributed by atoms with E-state index in [9.17, 15) is 13.2 Å². The van der Waals surface area contributed by atoms with Gasteiger partial charge in [-0.1, -0.05) is 0 Å². The average molecular weight is 233 g/mol. The van der Waals surface area contributed by atoms with E-state index >= 15 is 0 Å². The lowest BCUT2D eigenvalue weighted by molar-refractivity contribution is -0.123. The third-order valence-corrected chi connectivity index (χ3v) is 5.51. The molecule has 1 atom stereocenters. The average Bonchev–Trinajstić information content (AvgIpc) is 2.00. The quantitative estimate of drug-likeness (QED) is 0.764. The van der Waals surface area contributed by atoms with E-state index in [4.69, 9.17) is 0 Å². The third-order valence-electron chi connectivity index (χ3n) is 2.74. The molecule has 1 saturated heterocycles. The summed E-state index contributed by atoms with van der Waals surface area (Å²) >= 11 is 0. The summed E-state index contributed by atoms with van der Waals surface area (Å²) in [7, 11) is -3.10. The fourth-order valence-electron chi connectivity index (χ4n) is 1.55. The first kappa shape index (κ1) is 12.5. The van der Waals surface area contributed by atoms with Gasteiger partial charge in [-0.3, -0.25) is 4.79 Å². The number of carbonyl (C=O) groups is 1. The van der Waals surface area contributed by atoms with Crippen LogP contribution < -0.4 is 5.32 Å². The van der Waals surface area contributed by atoms with E-state index in [-0.39, 0.29) is 17.6 Å². The maximum absolute atomic E-state index is 11.9. The van der Waals surface area contributed by atoms with Crippen LogP contribution in [0.15, 0.2) is 0 Å². The molecular weight excluding hydrogens is 214 g/mol. The molecule has 1 aliphatic rings. The lowest BCUT2D eigenvalue weighted by Gasteiger charge is -2.26. The van der Waals surface area contributed by atoms with Gasteiger partial charge in [-0.15, -0.1) is 0 Å². The van der Waals surface area contributed by atoms with Crippen LogP contribution in [0.1, 0.15) is 33.6 Å². The highest BCUT2D eigenvalue weighted by Crippen LogP contribution is 2.22. The largest absolute Gasteiger partial charge is 0.356 e. The Balaban J connectivity index is 2.66. The van der Waals surface area contributed by atoms with Crippen molar-refractivity contribution in [2.75, 3.05) is 12.3 Å². The smallest absolute Gasteiger partial charge is 0.220 e. The lowest BCUT2D eigenvalue weighted by Crippen LogP contribution is -2.39. The number of carbonyl (C=O) groups excluding carboxylic acids is 1. The van der Waals surface area contributed by atoms with Crippen LogP contribution >= 0.6 is 0 Å². The molecule has 0 aromatic carbocycles. The zero-order valence-corrected chi connectivity index (χ0v) is 10.4. The highest BCUT2D eigenvalue weighted by atomic mass is 32.2. The summed E-state index contributed by atoms with van der Waals surface area (Å²) < 4.78 is 23.1. The van der Waals surface area contributed by atoms with Crippen LogP contribution in [0.2, 0.25) is 0 Å². The Morgan fingerprint density at radius 2 is 2.00 bits per heavy atom. The number of rotatable bonds is 2. The predicted octanol–water partition coefficient (Wildman–Crippen LogP) is 0.726. The molecule has 1 fully saturated rings. The number of nitrogens with one attached hydrogen (secondary N) is 1. The van der Waals surface area contributed by atoms with Crippen LogP contribution in [0, 0.1) is 5.92 Å².